The summed E-state index contributed by atoms with van der Waals surface area (Å²) in [5.41, 5.74) is 0. The van der Waals surface area contributed by atoms with Crippen LogP contribution < -0.4 is 5.32 Å². The summed E-state index contributed by atoms with van der Waals surface area (Å²) >= 11 is 0. The molecular formula is C11H23N5. The van der Waals surface area contributed by atoms with Crippen LogP contribution in [0.25, 0.3) is 0 Å². The van der Waals surface area contributed by atoms with Crippen molar-refractivity contribution in [1.29, 1.82) is 0 Å². The van der Waals surface area contributed by atoms with Gasteiger partial charge < -0.3 is 10.2 Å². The highest BCUT2D eigenvalue weighted by Gasteiger charge is 2.14. The lowest BCUT2D eigenvalue weighted by molar-refractivity contribution is 0.285. The van der Waals surface area contributed by atoms with Gasteiger partial charge in [-0.1, -0.05) is 13.8 Å². The number of nitrogens with one attached hydrogen (secondary N) is 1. The predicted molar refractivity (Wildman–Crippen MR) is 65.0 cm³/mol. The van der Waals surface area contributed by atoms with Gasteiger partial charge in [0.25, 0.3) is 0 Å². The van der Waals surface area contributed by atoms with Crippen molar-refractivity contribution < 1.29 is 0 Å². The molecule has 0 aromatic carbocycles. The smallest absolute Gasteiger partial charge is 0.140 e. The number of hydrogen-bond acceptors (Lipinski definition) is 4. The van der Waals surface area contributed by atoms with Crippen LogP contribution in [0.2, 0.25) is 0 Å². The number of rotatable bonds is 6. The maximum atomic E-state index is 4.20. The molecule has 0 aliphatic rings. The van der Waals surface area contributed by atoms with E-state index >= 15 is 0 Å². The zero-order valence-electron chi connectivity index (χ0n) is 10.9. The Balaban J connectivity index is 2.47. The van der Waals surface area contributed by atoms with E-state index in [0.29, 0.717) is 12.0 Å². The van der Waals surface area contributed by atoms with Crippen LogP contribution in [-0.4, -0.2) is 46.3 Å². The fourth-order valence-corrected chi connectivity index (χ4v) is 1.61. The first-order valence-corrected chi connectivity index (χ1v) is 5.71. The number of aromatic nitrogens is 3. The monoisotopic (exact) mass is 225 g/mol. The van der Waals surface area contributed by atoms with Gasteiger partial charge in [0.15, 0.2) is 0 Å². The van der Waals surface area contributed by atoms with Crippen molar-refractivity contribution in [3.05, 3.63) is 12.2 Å². The van der Waals surface area contributed by atoms with Gasteiger partial charge in [-0.25, -0.2) is 4.98 Å². The maximum Gasteiger partial charge on any atom is 0.140 e. The lowest BCUT2D eigenvalue weighted by Crippen LogP contribution is -2.42. The molecule has 0 aliphatic heterocycles. The average molecular weight is 225 g/mol. The first-order chi connectivity index (χ1) is 7.50. The molecule has 92 valence electrons. The Kier molecular flexibility index (Phi) is 4.89. The van der Waals surface area contributed by atoms with Gasteiger partial charge in [0, 0.05) is 19.6 Å². The van der Waals surface area contributed by atoms with Crippen molar-refractivity contribution >= 4 is 0 Å². The van der Waals surface area contributed by atoms with E-state index in [1.807, 2.05) is 7.05 Å². The summed E-state index contributed by atoms with van der Waals surface area (Å²) in [4.78, 5) is 6.40. The van der Waals surface area contributed by atoms with Crippen LogP contribution >= 0.6 is 0 Å². The number of hydrogen-bond donors (Lipinski definition) is 1. The van der Waals surface area contributed by atoms with Gasteiger partial charge in [-0.15, -0.1) is 0 Å². The van der Waals surface area contributed by atoms with Crippen molar-refractivity contribution in [1.82, 2.24) is 25.0 Å². The molecule has 5 heteroatoms. The molecule has 1 aromatic heterocycles. The van der Waals surface area contributed by atoms with Crippen LogP contribution in [0, 0.1) is 5.92 Å². The second-order valence-electron chi connectivity index (χ2n) is 4.79. The molecule has 0 saturated carbocycles. The summed E-state index contributed by atoms with van der Waals surface area (Å²) in [5.74, 6) is 1.58. The van der Waals surface area contributed by atoms with Gasteiger partial charge >= 0.3 is 0 Å². The van der Waals surface area contributed by atoms with E-state index in [4.69, 9.17) is 0 Å². The highest BCUT2D eigenvalue weighted by atomic mass is 15.3. The quantitative estimate of drug-likeness (QED) is 0.765. The van der Waals surface area contributed by atoms with Gasteiger partial charge in [0.2, 0.25) is 0 Å². The zero-order valence-corrected chi connectivity index (χ0v) is 10.9. The van der Waals surface area contributed by atoms with Crippen molar-refractivity contribution in [2.24, 2.45) is 13.0 Å². The largest absolute Gasteiger partial charge is 0.308 e. The normalized spacial score (nSPS) is 13.7. The first kappa shape index (κ1) is 13.1. The molecule has 0 spiro atoms. The Labute approximate surface area is 97.9 Å². The molecule has 16 heavy (non-hydrogen) atoms. The van der Waals surface area contributed by atoms with Gasteiger partial charge in [-0.2, -0.15) is 5.10 Å². The van der Waals surface area contributed by atoms with Gasteiger partial charge in [0.05, 0.1) is 6.54 Å². The second-order valence-corrected chi connectivity index (χ2v) is 4.79. The average Bonchev–Trinajstić information content (AvgIpc) is 2.57. The molecule has 1 unspecified atom stereocenters. The molecule has 0 amide bonds. The van der Waals surface area contributed by atoms with E-state index in [2.05, 4.69) is 48.2 Å². The molecule has 1 N–H and O–H groups in total. The van der Waals surface area contributed by atoms with Crippen LogP contribution in [0.15, 0.2) is 6.33 Å². The van der Waals surface area contributed by atoms with Crippen molar-refractivity contribution in [2.75, 3.05) is 20.6 Å². The lowest BCUT2D eigenvalue weighted by Gasteiger charge is -2.25. The Morgan fingerprint density at radius 3 is 2.56 bits per heavy atom. The van der Waals surface area contributed by atoms with Gasteiger partial charge in [-0.05, 0) is 20.0 Å². The summed E-state index contributed by atoms with van der Waals surface area (Å²) < 4.78 is 1.81. The van der Waals surface area contributed by atoms with Crippen molar-refractivity contribution in [3.8, 4) is 0 Å². The molecule has 0 bridgehead atoms. The second kappa shape index (κ2) is 5.96. The van der Waals surface area contributed by atoms with E-state index < -0.39 is 0 Å². The van der Waals surface area contributed by atoms with Crippen LogP contribution in [0.5, 0.6) is 0 Å². The molecule has 1 heterocycles. The maximum absolute atomic E-state index is 4.20. The highest BCUT2D eigenvalue weighted by molar-refractivity contribution is 4.84. The SMILES string of the molecule is CC(C)C(CN(C)C)NCc1ncnn1C. The minimum Gasteiger partial charge on any atom is -0.308 e. The van der Waals surface area contributed by atoms with Crippen molar-refractivity contribution in [3.63, 3.8) is 0 Å². The van der Waals surface area contributed by atoms with Crippen LogP contribution in [-0.2, 0) is 13.6 Å². The minimum atomic E-state index is 0.478. The Morgan fingerprint density at radius 2 is 2.12 bits per heavy atom. The van der Waals surface area contributed by atoms with Crippen LogP contribution in [0.3, 0.4) is 0 Å². The van der Waals surface area contributed by atoms with E-state index in [-0.39, 0.29) is 0 Å². The summed E-state index contributed by atoms with van der Waals surface area (Å²) in [5, 5.41) is 7.58. The van der Waals surface area contributed by atoms with Crippen molar-refractivity contribution in [2.45, 2.75) is 26.4 Å². The zero-order chi connectivity index (χ0) is 12.1. The summed E-state index contributed by atoms with van der Waals surface area (Å²) in [7, 11) is 6.11. The highest BCUT2D eigenvalue weighted by Crippen LogP contribution is 2.03. The first-order valence-electron chi connectivity index (χ1n) is 5.71. The van der Waals surface area contributed by atoms with E-state index in [0.717, 1.165) is 18.9 Å². The van der Waals surface area contributed by atoms with E-state index in [9.17, 15) is 0 Å². The predicted octanol–water partition coefficient (Wildman–Crippen LogP) is 0.491. The Morgan fingerprint density at radius 1 is 1.44 bits per heavy atom. The third kappa shape index (κ3) is 3.90. The number of aryl methyl sites for hydroxylation is 1. The molecule has 0 aliphatic carbocycles. The third-order valence-electron chi connectivity index (χ3n) is 2.69. The van der Waals surface area contributed by atoms with E-state index in [1.165, 1.54) is 0 Å². The fraction of sp³-hybridized carbons (Fsp3) is 0.818. The summed E-state index contributed by atoms with van der Waals surface area (Å²) in [6, 6.07) is 0.478. The van der Waals surface area contributed by atoms with Gasteiger partial charge in [0.1, 0.15) is 12.2 Å². The fourth-order valence-electron chi connectivity index (χ4n) is 1.61. The third-order valence-corrected chi connectivity index (χ3v) is 2.69. The Bertz CT molecular complexity index is 305. The lowest BCUT2D eigenvalue weighted by atomic mass is 10.0. The molecular weight excluding hydrogens is 202 g/mol. The van der Waals surface area contributed by atoms with Crippen LogP contribution in [0.4, 0.5) is 0 Å². The van der Waals surface area contributed by atoms with Crippen LogP contribution in [0.1, 0.15) is 19.7 Å². The molecule has 0 fully saturated rings. The minimum absolute atomic E-state index is 0.478. The van der Waals surface area contributed by atoms with Gasteiger partial charge in [-0.3, -0.25) is 4.68 Å². The number of nitrogens with zero attached hydrogens (tertiary/aromatic N) is 4. The standard InChI is InChI=1S/C11H23N5/c1-9(2)10(7-15(3)4)12-6-11-13-8-14-16(11)5/h8-10,12H,6-7H2,1-5H3. The molecule has 0 saturated heterocycles. The molecule has 1 aromatic rings. The summed E-state index contributed by atoms with van der Waals surface area (Å²) in [6.07, 6.45) is 1.59. The Hall–Kier alpha value is -0.940. The topological polar surface area (TPSA) is 46.0 Å². The number of likely N-dealkylation sites (N-methyl/N-ethyl adjacent to an activating group) is 1. The van der Waals surface area contributed by atoms with E-state index in [1.54, 1.807) is 11.0 Å². The molecule has 5 nitrogen and oxygen atoms in total. The summed E-state index contributed by atoms with van der Waals surface area (Å²) in [6.45, 7) is 6.28. The molecule has 0 radical (unpaired) electrons. The molecule has 1 atom stereocenters. The molecule has 1 rings (SSSR count).